The quantitative estimate of drug-likeness (QED) is 0.143. The Morgan fingerprint density at radius 3 is 2.58 bits per heavy atom. The number of carbonyl (C=O) groups is 3. The Balaban J connectivity index is 1.46. The number of terminal acetylenes is 1. The predicted molar refractivity (Wildman–Crippen MR) is 174 cm³/mol. The topological polar surface area (TPSA) is 91.7 Å². The van der Waals surface area contributed by atoms with Crippen LogP contribution in [-0.2, 0) is 33.4 Å². The SMILES string of the molecule is C#CCCCCCN(CCNC=O)C(=O)c1ccc(CN(C(=O)Cc2ccc(-n3cccc3C)cc2F)C2C=CS(=O)C2)cc1. The average Bonchev–Trinajstić information content (AvgIpc) is 3.67. The molecule has 1 N–H and O–H groups in total. The lowest BCUT2D eigenvalue weighted by Gasteiger charge is -2.28. The molecule has 0 spiro atoms. The zero-order valence-corrected chi connectivity index (χ0v) is 26.3. The Morgan fingerprint density at radius 1 is 1.13 bits per heavy atom. The molecule has 1 aromatic heterocycles. The van der Waals surface area contributed by atoms with Crippen LogP contribution in [-0.4, -0.2) is 68.2 Å². The van der Waals surface area contributed by atoms with Crippen molar-refractivity contribution in [1.82, 2.24) is 19.7 Å². The van der Waals surface area contributed by atoms with E-state index in [1.54, 1.807) is 57.7 Å². The largest absolute Gasteiger partial charge is 0.357 e. The van der Waals surface area contributed by atoms with Crippen molar-refractivity contribution in [3.63, 3.8) is 0 Å². The lowest BCUT2D eigenvalue weighted by Crippen LogP contribution is -2.41. The summed E-state index contributed by atoms with van der Waals surface area (Å²) in [7, 11) is -1.18. The van der Waals surface area contributed by atoms with E-state index in [-0.39, 0.29) is 42.1 Å². The van der Waals surface area contributed by atoms with Crippen LogP contribution in [0.25, 0.3) is 5.69 Å². The molecule has 0 bridgehead atoms. The molecule has 45 heavy (non-hydrogen) atoms. The van der Waals surface area contributed by atoms with E-state index in [1.807, 2.05) is 29.8 Å². The smallest absolute Gasteiger partial charge is 0.253 e. The van der Waals surface area contributed by atoms with Crippen LogP contribution < -0.4 is 5.32 Å². The van der Waals surface area contributed by atoms with Gasteiger partial charge in [-0.3, -0.25) is 18.6 Å². The van der Waals surface area contributed by atoms with Gasteiger partial charge in [0.2, 0.25) is 12.3 Å². The number of carbonyl (C=O) groups excluding carboxylic acids is 3. The highest BCUT2D eigenvalue weighted by Gasteiger charge is 2.27. The lowest BCUT2D eigenvalue weighted by atomic mass is 10.1. The zero-order valence-electron chi connectivity index (χ0n) is 25.5. The van der Waals surface area contributed by atoms with E-state index in [0.29, 0.717) is 43.7 Å². The number of aryl methyl sites for hydroxylation is 1. The number of hydrogen-bond acceptors (Lipinski definition) is 4. The van der Waals surface area contributed by atoms with Crippen LogP contribution in [0.15, 0.2) is 72.3 Å². The van der Waals surface area contributed by atoms with E-state index in [2.05, 4.69) is 11.2 Å². The first kappa shape index (κ1) is 33.4. The first-order valence-corrected chi connectivity index (χ1v) is 16.5. The average molecular weight is 631 g/mol. The van der Waals surface area contributed by atoms with Gasteiger partial charge in [-0.15, -0.1) is 12.3 Å². The summed E-state index contributed by atoms with van der Waals surface area (Å²) in [6.07, 6.45) is 12.7. The van der Waals surface area contributed by atoms with Gasteiger partial charge in [0.25, 0.3) is 5.91 Å². The van der Waals surface area contributed by atoms with E-state index >= 15 is 4.39 Å². The molecule has 2 unspecified atom stereocenters. The van der Waals surface area contributed by atoms with Crippen LogP contribution >= 0.6 is 0 Å². The molecular formula is C35H39FN4O4S. The molecule has 0 radical (unpaired) electrons. The lowest BCUT2D eigenvalue weighted by molar-refractivity contribution is -0.132. The normalized spacial score (nSPS) is 15.4. The minimum atomic E-state index is -1.18. The van der Waals surface area contributed by atoms with Gasteiger partial charge in [-0.2, -0.15) is 0 Å². The summed E-state index contributed by atoms with van der Waals surface area (Å²) in [5.41, 5.74) is 3.21. The minimum Gasteiger partial charge on any atom is -0.357 e. The van der Waals surface area contributed by atoms with Gasteiger partial charge in [-0.1, -0.05) is 30.7 Å². The number of aromatic nitrogens is 1. The second-order valence-corrected chi connectivity index (χ2v) is 12.4. The van der Waals surface area contributed by atoms with Gasteiger partial charge in [0, 0.05) is 71.9 Å². The Labute approximate surface area is 266 Å². The zero-order chi connectivity index (χ0) is 32.2. The summed E-state index contributed by atoms with van der Waals surface area (Å²) in [5.74, 6) is 2.00. The number of unbranched alkanes of at least 4 members (excludes halogenated alkanes) is 3. The highest BCUT2D eigenvalue weighted by molar-refractivity contribution is 7.88. The summed E-state index contributed by atoms with van der Waals surface area (Å²) < 4.78 is 29.2. The second kappa shape index (κ2) is 16.5. The molecule has 1 aliphatic heterocycles. The van der Waals surface area contributed by atoms with Gasteiger partial charge in [-0.25, -0.2) is 4.39 Å². The number of halogens is 1. The first-order chi connectivity index (χ1) is 21.8. The van der Waals surface area contributed by atoms with E-state index in [1.165, 1.54) is 6.07 Å². The Kier molecular flexibility index (Phi) is 12.3. The van der Waals surface area contributed by atoms with E-state index in [4.69, 9.17) is 6.42 Å². The number of hydrogen-bond donors (Lipinski definition) is 1. The van der Waals surface area contributed by atoms with Crippen LogP contribution in [0.4, 0.5) is 4.39 Å². The maximum absolute atomic E-state index is 15.2. The maximum atomic E-state index is 15.2. The third kappa shape index (κ3) is 9.25. The van der Waals surface area contributed by atoms with Gasteiger partial charge in [0.1, 0.15) is 5.82 Å². The van der Waals surface area contributed by atoms with Crippen LogP contribution in [0, 0.1) is 25.1 Å². The Bertz CT molecular complexity index is 1580. The Morgan fingerprint density at radius 2 is 1.93 bits per heavy atom. The summed E-state index contributed by atoms with van der Waals surface area (Å²) in [4.78, 5) is 41.0. The summed E-state index contributed by atoms with van der Waals surface area (Å²) in [5, 5.41) is 4.19. The van der Waals surface area contributed by atoms with Crippen molar-refractivity contribution in [2.45, 2.75) is 51.6 Å². The molecule has 4 rings (SSSR count). The van der Waals surface area contributed by atoms with Crippen molar-refractivity contribution in [3.05, 3.63) is 100 Å². The van der Waals surface area contributed by atoms with Crippen LogP contribution in [0.3, 0.4) is 0 Å². The molecule has 2 heterocycles. The molecule has 0 saturated carbocycles. The Hall–Kier alpha value is -4.49. The van der Waals surface area contributed by atoms with E-state index in [0.717, 1.165) is 30.5 Å². The molecule has 8 nitrogen and oxygen atoms in total. The van der Waals surface area contributed by atoms with Gasteiger partial charge in [-0.05, 0) is 67.3 Å². The van der Waals surface area contributed by atoms with Crippen molar-refractivity contribution < 1.29 is 23.0 Å². The minimum absolute atomic E-state index is 0.143. The van der Waals surface area contributed by atoms with Gasteiger partial charge in [0.15, 0.2) is 0 Å². The third-order valence-corrected chi connectivity index (χ3v) is 8.95. The fourth-order valence-electron chi connectivity index (χ4n) is 5.30. The standard InChI is InChI=1S/C35H39FN4O4S/c1-3-4-5-6-7-18-38(20-17-37-26-41)35(43)29-12-10-28(11-13-29)24-40(32-16-21-45(44)25-32)34(42)22-30-14-15-31(23-33(30)36)39-19-8-9-27(39)2/h1,8-16,19,21,23,26,32H,4-7,17-18,20,22,24-25H2,2H3,(H,37,41). The number of nitrogens with zero attached hydrogens (tertiary/aromatic N) is 3. The molecule has 10 heteroatoms. The summed E-state index contributed by atoms with van der Waals surface area (Å²) in [6, 6.07) is 15.3. The molecule has 3 amide bonds. The molecule has 1 aliphatic rings. The van der Waals surface area contributed by atoms with Crippen LogP contribution in [0.2, 0.25) is 0 Å². The maximum Gasteiger partial charge on any atom is 0.253 e. The second-order valence-electron chi connectivity index (χ2n) is 11.0. The van der Waals surface area contributed by atoms with Crippen molar-refractivity contribution in [1.29, 1.82) is 0 Å². The van der Waals surface area contributed by atoms with Crippen molar-refractivity contribution in [3.8, 4) is 18.0 Å². The van der Waals surface area contributed by atoms with Gasteiger partial charge < -0.3 is 19.7 Å². The van der Waals surface area contributed by atoms with Crippen molar-refractivity contribution in [2.75, 3.05) is 25.4 Å². The first-order valence-electron chi connectivity index (χ1n) is 15.1. The summed E-state index contributed by atoms with van der Waals surface area (Å²) >= 11 is 0. The predicted octanol–water partition coefficient (Wildman–Crippen LogP) is 4.52. The van der Waals surface area contributed by atoms with Gasteiger partial charge >= 0.3 is 0 Å². The van der Waals surface area contributed by atoms with Crippen molar-refractivity contribution in [2.24, 2.45) is 0 Å². The van der Waals surface area contributed by atoms with Crippen LogP contribution in [0.5, 0.6) is 0 Å². The monoisotopic (exact) mass is 630 g/mol. The highest BCUT2D eigenvalue weighted by atomic mass is 32.2. The fraction of sp³-hybridized carbons (Fsp3) is 0.343. The molecule has 2 atom stereocenters. The molecule has 0 aliphatic carbocycles. The molecule has 0 saturated heterocycles. The number of amides is 3. The third-order valence-electron chi connectivity index (χ3n) is 7.82. The van der Waals surface area contributed by atoms with Gasteiger partial charge in [0.05, 0.1) is 18.2 Å². The number of rotatable bonds is 16. The fourth-order valence-corrected chi connectivity index (χ4v) is 6.40. The molecular weight excluding hydrogens is 591 g/mol. The highest BCUT2D eigenvalue weighted by Crippen LogP contribution is 2.21. The summed E-state index contributed by atoms with van der Waals surface area (Å²) in [6.45, 7) is 3.42. The van der Waals surface area contributed by atoms with E-state index < -0.39 is 16.6 Å². The molecule has 0 fully saturated rings. The molecule has 236 valence electrons. The molecule has 2 aromatic carbocycles. The van der Waals surface area contributed by atoms with Crippen molar-refractivity contribution >= 4 is 29.0 Å². The van der Waals surface area contributed by atoms with Crippen LogP contribution in [0.1, 0.15) is 52.9 Å². The molecule has 3 aromatic rings. The number of nitrogens with one attached hydrogen (secondary N) is 1. The number of benzene rings is 2. The van der Waals surface area contributed by atoms with E-state index in [9.17, 15) is 18.6 Å².